The highest BCUT2D eigenvalue weighted by Crippen LogP contribution is 2.30. The molecule has 2 N–H and O–H groups in total. The zero-order valence-electron chi connectivity index (χ0n) is 13.3. The van der Waals surface area contributed by atoms with E-state index in [1.54, 1.807) is 0 Å². The van der Waals surface area contributed by atoms with E-state index in [9.17, 15) is 0 Å². The van der Waals surface area contributed by atoms with Crippen LogP contribution in [0.2, 0.25) is 0 Å². The van der Waals surface area contributed by atoms with E-state index in [1.165, 1.54) is 24.2 Å². The highest BCUT2D eigenvalue weighted by atomic mass is 15.2. The second-order valence-corrected chi connectivity index (χ2v) is 5.90. The van der Waals surface area contributed by atoms with Gasteiger partial charge in [0.25, 0.3) is 0 Å². The van der Waals surface area contributed by atoms with Gasteiger partial charge in [-0.1, -0.05) is 38.5 Å². The van der Waals surface area contributed by atoms with Gasteiger partial charge in [-0.05, 0) is 55.7 Å². The molecule has 0 amide bonds. The summed E-state index contributed by atoms with van der Waals surface area (Å²) in [6, 6.07) is 19.2. The standard InChI is InChI=1S/C19H26N2/c1-4-15(2)14-16(3)21(18-8-6-5-7-9-18)19-12-10-17(20)11-13-19/h5-13,15-16H,4,14,20H2,1-3H3. The molecule has 2 atom stereocenters. The molecule has 2 aromatic rings. The van der Waals surface area contributed by atoms with Gasteiger partial charge < -0.3 is 10.6 Å². The number of hydrogen-bond donors (Lipinski definition) is 1. The third kappa shape index (κ3) is 4.01. The predicted molar refractivity (Wildman–Crippen MR) is 93.0 cm³/mol. The number of rotatable bonds is 6. The lowest BCUT2D eigenvalue weighted by molar-refractivity contribution is 0.465. The second kappa shape index (κ2) is 7.16. The smallest absolute Gasteiger partial charge is 0.0414 e. The van der Waals surface area contributed by atoms with Crippen LogP contribution in [0.3, 0.4) is 0 Å². The number of nitrogens with two attached hydrogens (primary N) is 1. The van der Waals surface area contributed by atoms with Crippen molar-refractivity contribution >= 4 is 17.1 Å². The Morgan fingerprint density at radius 3 is 2.05 bits per heavy atom. The molecule has 2 heteroatoms. The van der Waals surface area contributed by atoms with E-state index < -0.39 is 0 Å². The Bertz CT molecular complexity index is 533. The fourth-order valence-electron chi connectivity index (χ4n) is 2.74. The summed E-state index contributed by atoms with van der Waals surface area (Å²) in [6.45, 7) is 6.88. The predicted octanol–water partition coefficient (Wildman–Crippen LogP) is 5.23. The summed E-state index contributed by atoms with van der Waals surface area (Å²) in [4.78, 5) is 2.41. The van der Waals surface area contributed by atoms with Gasteiger partial charge in [0.1, 0.15) is 0 Å². The van der Waals surface area contributed by atoms with E-state index >= 15 is 0 Å². The van der Waals surface area contributed by atoms with Crippen molar-refractivity contribution in [1.29, 1.82) is 0 Å². The van der Waals surface area contributed by atoms with Crippen LogP contribution in [0.5, 0.6) is 0 Å². The Balaban J connectivity index is 2.32. The first kappa shape index (κ1) is 15.4. The molecule has 0 saturated carbocycles. The van der Waals surface area contributed by atoms with E-state index in [0.29, 0.717) is 6.04 Å². The van der Waals surface area contributed by atoms with Gasteiger partial charge in [0.05, 0.1) is 0 Å². The maximum absolute atomic E-state index is 5.83. The van der Waals surface area contributed by atoms with Crippen LogP contribution in [0.1, 0.15) is 33.6 Å². The Morgan fingerprint density at radius 1 is 0.905 bits per heavy atom. The highest BCUT2D eigenvalue weighted by Gasteiger charge is 2.18. The zero-order chi connectivity index (χ0) is 15.2. The van der Waals surface area contributed by atoms with Gasteiger partial charge in [0.15, 0.2) is 0 Å². The van der Waals surface area contributed by atoms with Gasteiger partial charge in [-0.3, -0.25) is 0 Å². The van der Waals surface area contributed by atoms with Crippen molar-refractivity contribution in [2.45, 2.75) is 39.7 Å². The summed E-state index contributed by atoms with van der Waals surface area (Å²) in [7, 11) is 0. The minimum Gasteiger partial charge on any atom is -0.399 e. The van der Waals surface area contributed by atoms with E-state index in [-0.39, 0.29) is 0 Å². The van der Waals surface area contributed by atoms with Crippen molar-refractivity contribution in [2.75, 3.05) is 10.6 Å². The monoisotopic (exact) mass is 282 g/mol. The minimum absolute atomic E-state index is 0.450. The molecule has 2 nitrogen and oxygen atoms in total. The maximum Gasteiger partial charge on any atom is 0.0414 e. The van der Waals surface area contributed by atoms with Crippen LogP contribution in [-0.4, -0.2) is 6.04 Å². The van der Waals surface area contributed by atoms with Gasteiger partial charge in [-0.25, -0.2) is 0 Å². The molecule has 0 heterocycles. The van der Waals surface area contributed by atoms with Crippen molar-refractivity contribution in [3.8, 4) is 0 Å². The van der Waals surface area contributed by atoms with Gasteiger partial charge in [-0.15, -0.1) is 0 Å². The molecular weight excluding hydrogens is 256 g/mol. The average Bonchev–Trinajstić information content (AvgIpc) is 2.50. The van der Waals surface area contributed by atoms with Gasteiger partial charge in [-0.2, -0.15) is 0 Å². The Kier molecular flexibility index (Phi) is 5.26. The molecule has 0 aliphatic heterocycles. The minimum atomic E-state index is 0.450. The zero-order valence-corrected chi connectivity index (χ0v) is 13.3. The summed E-state index contributed by atoms with van der Waals surface area (Å²) >= 11 is 0. The first-order valence-electron chi connectivity index (χ1n) is 7.81. The van der Waals surface area contributed by atoms with E-state index in [4.69, 9.17) is 5.73 Å². The molecule has 0 fully saturated rings. The lowest BCUT2D eigenvalue weighted by Crippen LogP contribution is -2.30. The van der Waals surface area contributed by atoms with Crippen molar-refractivity contribution < 1.29 is 0 Å². The average molecular weight is 282 g/mol. The summed E-state index contributed by atoms with van der Waals surface area (Å²) in [5, 5.41) is 0. The molecule has 0 spiro atoms. The number of anilines is 3. The lowest BCUT2D eigenvalue weighted by atomic mass is 9.98. The third-order valence-corrected chi connectivity index (χ3v) is 4.09. The fourth-order valence-corrected chi connectivity index (χ4v) is 2.74. The fraction of sp³-hybridized carbons (Fsp3) is 0.368. The topological polar surface area (TPSA) is 29.3 Å². The Hall–Kier alpha value is -1.96. The molecule has 0 aromatic heterocycles. The third-order valence-electron chi connectivity index (χ3n) is 4.09. The van der Waals surface area contributed by atoms with Crippen LogP contribution in [0.4, 0.5) is 17.1 Å². The maximum atomic E-state index is 5.83. The van der Waals surface area contributed by atoms with E-state index in [1.807, 2.05) is 12.1 Å². The van der Waals surface area contributed by atoms with Gasteiger partial charge in [0.2, 0.25) is 0 Å². The normalized spacial score (nSPS) is 13.7. The summed E-state index contributed by atoms with van der Waals surface area (Å²) in [5.41, 5.74) is 9.07. The summed E-state index contributed by atoms with van der Waals surface area (Å²) in [5.74, 6) is 0.722. The summed E-state index contributed by atoms with van der Waals surface area (Å²) < 4.78 is 0. The number of benzene rings is 2. The first-order valence-corrected chi connectivity index (χ1v) is 7.81. The van der Waals surface area contributed by atoms with Crippen molar-refractivity contribution in [3.63, 3.8) is 0 Å². The van der Waals surface area contributed by atoms with Crippen molar-refractivity contribution in [3.05, 3.63) is 54.6 Å². The SMILES string of the molecule is CCC(C)CC(C)N(c1ccccc1)c1ccc(N)cc1. The first-order chi connectivity index (χ1) is 10.1. The Morgan fingerprint density at radius 2 is 1.48 bits per heavy atom. The van der Waals surface area contributed by atoms with Crippen LogP contribution in [-0.2, 0) is 0 Å². The number of para-hydroxylation sites is 1. The molecule has 21 heavy (non-hydrogen) atoms. The van der Waals surface area contributed by atoms with E-state index in [0.717, 1.165) is 11.6 Å². The number of nitrogen functional groups attached to an aromatic ring is 1. The van der Waals surface area contributed by atoms with Crippen LogP contribution in [0.15, 0.2) is 54.6 Å². The molecule has 0 aliphatic rings. The van der Waals surface area contributed by atoms with Crippen molar-refractivity contribution in [1.82, 2.24) is 0 Å². The molecule has 2 rings (SSSR count). The van der Waals surface area contributed by atoms with Crippen LogP contribution >= 0.6 is 0 Å². The highest BCUT2D eigenvalue weighted by molar-refractivity contribution is 5.65. The molecule has 0 saturated heterocycles. The Labute approximate surface area is 128 Å². The molecule has 2 unspecified atom stereocenters. The molecule has 112 valence electrons. The summed E-state index contributed by atoms with van der Waals surface area (Å²) in [6.07, 6.45) is 2.39. The van der Waals surface area contributed by atoms with Gasteiger partial charge >= 0.3 is 0 Å². The van der Waals surface area contributed by atoms with Crippen LogP contribution < -0.4 is 10.6 Å². The molecular formula is C19H26N2. The molecule has 2 aromatic carbocycles. The van der Waals surface area contributed by atoms with Crippen molar-refractivity contribution in [2.24, 2.45) is 5.92 Å². The second-order valence-electron chi connectivity index (χ2n) is 5.90. The number of hydrogen-bond acceptors (Lipinski definition) is 2. The molecule has 0 radical (unpaired) electrons. The lowest BCUT2D eigenvalue weighted by Gasteiger charge is -2.33. The largest absolute Gasteiger partial charge is 0.399 e. The van der Waals surface area contributed by atoms with E-state index in [2.05, 4.69) is 68.1 Å². The van der Waals surface area contributed by atoms with Crippen LogP contribution in [0.25, 0.3) is 0 Å². The number of nitrogens with zero attached hydrogens (tertiary/aromatic N) is 1. The van der Waals surface area contributed by atoms with Crippen LogP contribution in [0, 0.1) is 5.92 Å². The van der Waals surface area contributed by atoms with Gasteiger partial charge in [0, 0.05) is 23.1 Å². The molecule has 0 bridgehead atoms. The quantitative estimate of drug-likeness (QED) is 0.735. The molecule has 0 aliphatic carbocycles.